The van der Waals surface area contributed by atoms with E-state index in [0.717, 1.165) is 4.31 Å². The largest absolute Gasteiger partial charge is 0.325 e. The highest BCUT2D eigenvalue weighted by Crippen LogP contribution is 2.19. The molecule has 27 heavy (non-hydrogen) atoms. The van der Waals surface area contributed by atoms with Gasteiger partial charge in [0.2, 0.25) is 15.9 Å². The van der Waals surface area contributed by atoms with Gasteiger partial charge in [0.15, 0.2) is 0 Å². The van der Waals surface area contributed by atoms with E-state index in [1.165, 1.54) is 32.3 Å². The van der Waals surface area contributed by atoms with Gasteiger partial charge in [0.1, 0.15) is 5.82 Å². The van der Waals surface area contributed by atoms with E-state index in [2.05, 4.69) is 5.32 Å². The van der Waals surface area contributed by atoms with Crippen molar-refractivity contribution in [1.29, 1.82) is 0 Å². The van der Waals surface area contributed by atoms with Crippen molar-refractivity contribution >= 4 is 21.6 Å². The zero-order valence-corrected chi connectivity index (χ0v) is 16.6. The lowest BCUT2D eigenvalue weighted by Gasteiger charge is -2.24. The molecule has 1 atom stereocenters. The van der Waals surface area contributed by atoms with Gasteiger partial charge in [-0.3, -0.25) is 9.69 Å². The van der Waals surface area contributed by atoms with Crippen LogP contribution in [-0.2, 0) is 21.4 Å². The van der Waals surface area contributed by atoms with Crippen molar-refractivity contribution in [3.63, 3.8) is 0 Å². The molecule has 0 saturated heterocycles. The first-order valence-electron chi connectivity index (χ1n) is 8.40. The summed E-state index contributed by atoms with van der Waals surface area (Å²) in [7, 11) is 1.03. The van der Waals surface area contributed by atoms with Crippen LogP contribution in [0.2, 0.25) is 0 Å². The van der Waals surface area contributed by atoms with Crippen LogP contribution in [-0.4, -0.2) is 50.7 Å². The summed E-state index contributed by atoms with van der Waals surface area (Å²) >= 11 is 0. The smallest absolute Gasteiger partial charge is 0.242 e. The van der Waals surface area contributed by atoms with E-state index in [-0.39, 0.29) is 23.2 Å². The number of benzene rings is 2. The number of likely N-dealkylation sites (N-methyl/N-ethyl adjacent to an activating group) is 1. The number of sulfonamides is 1. The maximum Gasteiger partial charge on any atom is 0.242 e. The van der Waals surface area contributed by atoms with E-state index in [1.807, 2.05) is 0 Å². The van der Waals surface area contributed by atoms with Crippen molar-refractivity contribution < 1.29 is 17.6 Å². The maximum absolute atomic E-state index is 13.8. The Morgan fingerprint density at radius 1 is 1.11 bits per heavy atom. The van der Waals surface area contributed by atoms with Crippen LogP contribution >= 0.6 is 0 Å². The molecule has 0 aromatic heterocycles. The van der Waals surface area contributed by atoms with Crippen molar-refractivity contribution in [2.75, 3.05) is 26.5 Å². The topological polar surface area (TPSA) is 69.7 Å². The lowest BCUT2D eigenvalue weighted by atomic mass is 10.1. The van der Waals surface area contributed by atoms with E-state index in [1.54, 1.807) is 49.2 Å². The Labute approximate surface area is 159 Å². The van der Waals surface area contributed by atoms with Gasteiger partial charge in [0.05, 0.1) is 10.9 Å². The lowest BCUT2D eigenvalue weighted by Crippen LogP contribution is -2.39. The van der Waals surface area contributed by atoms with Gasteiger partial charge in [-0.1, -0.05) is 24.3 Å². The zero-order chi connectivity index (χ0) is 20.2. The number of hydrogen-bond donors (Lipinski definition) is 1. The number of carbonyl (C=O) groups is 1. The van der Waals surface area contributed by atoms with Crippen LogP contribution in [0, 0.1) is 5.82 Å². The predicted octanol–water partition coefficient (Wildman–Crippen LogP) is 2.54. The third-order valence-corrected chi connectivity index (χ3v) is 6.11. The van der Waals surface area contributed by atoms with E-state index in [0.29, 0.717) is 11.3 Å². The van der Waals surface area contributed by atoms with Crippen molar-refractivity contribution in [3.8, 4) is 0 Å². The van der Waals surface area contributed by atoms with Gasteiger partial charge in [0, 0.05) is 31.9 Å². The number of hydrogen-bond acceptors (Lipinski definition) is 4. The fraction of sp³-hybridized carbons (Fsp3) is 0.316. The monoisotopic (exact) mass is 393 g/mol. The van der Waals surface area contributed by atoms with E-state index in [9.17, 15) is 17.6 Å². The minimum absolute atomic E-state index is 0.0951. The molecule has 0 spiro atoms. The fourth-order valence-corrected chi connectivity index (χ4v) is 3.37. The molecular weight excluding hydrogens is 369 g/mol. The Hall–Kier alpha value is -2.29. The molecule has 6 nitrogen and oxygen atoms in total. The maximum atomic E-state index is 13.8. The molecule has 146 valence electrons. The summed E-state index contributed by atoms with van der Waals surface area (Å²) in [4.78, 5) is 14.3. The van der Waals surface area contributed by atoms with Gasteiger partial charge in [-0.05, 0) is 38.2 Å². The Kier molecular flexibility index (Phi) is 6.69. The first-order chi connectivity index (χ1) is 12.6. The first kappa shape index (κ1) is 21.0. The summed E-state index contributed by atoms with van der Waals surface area (Å²) in [5.41, 5.74) is 0.882. The van der Waals surface area contributed by atoms with E-state index in [4.69, 9.17) is 0 Å². The second-order valence-corrected chi connectivity index (χ2v) is 8.64. The Bertz CT molecular complexity index is 916. The molecule has 2 aromatic rings. The molecule has 2 rings (SSSR count). The van der Waals surface area contributed by atoms with Gasteiger partial charge in [-0.2, -0.15) is 0 Å². The molecule has 2 aromatic carbocycles. The van der Waals surface area contributed by atoms with Gasteiger partial charge in [0.25, 0.3) is 0 Å². The van der Waals surface area contributed by atoms with Crippen LogP contribution in [0.25, 0.3) is 0 Å². The van der Waals surface area contributed by atoms with Gasteiger partial charge < -0.3 is 5.32 Å². The molecule has 0 radical (unpaired) electrons. The van der Waals surface area contributed by atoms with Crippen molar-refractivity contribution in [2.24, 2.45) is 0 Å². The number of halogens is 1. The molecule has 0 unspecified atom stereocenters. The fourth-order valence-electron chi connectivity index (χ4n) is 2.42. The second-order valence-electron chi connectivity index (χ2n) is 6.49. The first-order valence-corrected chi connectivity index (χ1v) is 9.84. The van der Waals surface area contributed by atoms with Gasteiger partial charge in [-0.25, -0.2) is 17.1 Å². The number of rotatable bonds is 7. The Morgan fingerprint density at radius 3 is 2.41 bits per heavy atom. The van der Waals surface area contributed by atoms with Crippen LogP contribution in [0.3, 0.4) is 0 Å². The number of amides is 1. The lowest BCUT2D eigenvalue weighted by molar-refractivity contribution is -0.120. The van der Waals surface area contributed by atoms with Crippen LogP contribution in [0.15, 0.2) is 53.4 Å². The Balaban J connectivity index is 2.09. The molecule has 0 aliphatic rings. The average Bonchev–Trinajstić information content (AvgIpc) is 2.63. The Morgan fingerprint density at radius 2 is 1.78 bits per heavy atom. The van der Waals surface area contributed by atoms with Gasteiger partial charge >= 0.3 is 0 Å². The third-order valence-electron chi connectivity index (χ3n) is 4.30. The minimum Gasteiger partial charge on any atom is -0.325 e. The summed E-state index contributed by atoms with van der Waals surface area (Å²) in [5, 5.41) is 2.72. The SMILES string of the molecule is C[C@@H](C(=O)Nc1cccc(S(=O)(=O)N(C)C)c1)N(C)Cc1ccccc1F. The van der Waals surface area contributed by atoms with Crippen molar-refractivity contribution in [1.82, 2.24) is 9.21 Å². The summed E-state index contributed by atoms with van der Waals surface area (Å²) in [6.45, 7) is 1.98. The molecular formula is C19H24FN3O3S. The molecule has 0 bridgehead atoms. The molecule has 8 heteroatoms. The summed E-state index contributed by atoms with van der Waals surface area (Å²) in [6.07, 6.45) is 0. The highest BCUT2D eigenvalue weighted by Gasteiger charge is 2.21. The van der Waals surface area contributed by atoms with Crippen LogP contribution in [0.4, 0.5) is 10.1 Å². The number of nitrogens with zero attached hydrogens (tertiary/aromatic N) is 2. The number of carbonyl (C=O) groups excluding carboxylic acids is 1. The van der Waals surface area contributed by atoms with Crippen LogP contribution in [0.1, 0.15) is 12.5 Å². The summed E-state index contributed by atoms with van der Waals surface area (Å²) in [6, 6.07) is 11.9. The number of anilines is 1. The summed E-state index contributed by atoms with van der Waals surface area (Å²) in [5.74, 6) is -0.633. The second kappa shape index (κ2) is 8.60. The van der Waals surface area contributed by atoms with Crippen LogP contribution < -0.4 is 5.32 Å². The standard InChI is InChI=1S/C19H24FN3O3S/c1-14(23(4)13-15-8-5-6-11-18(15)20)19(24)21-16-9-7-10-17(12-16)27(25,26)22(2)3/h5-12,14H,13H2,1-4H3,(H,21,24)/t14-/m0/s1. The zero-order valence-electron chi connectivity index (χ0n) is 15.8. The third kappa shape index (κ3) is 5.12. The number of nitrogens with one attached hydrogen (secondary N) is 1. The molecule has 1 amide bonds. The molecule has 0 fully saturated rings. The normalized spacial score (nSPS) is 13.0. The average molecular weight is 393 g/mol. The molecule has 0 heterocycles. The van der Waals surface area contributed by atoms with Crippen LogP contribution in [0.5, 0.6) is 0 Å². The molecule has 0 aliphatic carbocycles. The minimum atomic E-state index is -3.59. The predicted molar refractivity (Wildman–Crippen MR) is 103 cm³/mol. The van der Waals surface area contributed by atoms with E-state index < -0.39 is 16.1 Å². The van der Waals surface area contributed by atoms with Crippen molar-refractivity contribution in [2.45, 2.75) is 24.4 Å². The molecule has 0 saturated carbocycles. The highest BCUT2D eigenvalue weighted by atomic mass is 32.2. The quantitative estimate of drug-likeness (QED) is 0.785. The van der Waals surface area contributed by atoms with E-state index >= 15 is 0 Å². The molecule has 0 aliphatic heterocycles. The highest BCUT2D eigenvalue weighted by molar-refractivity contribution is 7.89. The molecule has 1 N–H and O–H groups in total. The van der Waals surface area contributed by atoms with Crippen molar-refractivity contribution in [3.05, 3.63) is 59.9 Å². The summed E-state index contributed by atoms with van der Waals surface area (Å²) < 4.78 is 39.3. The van der Waals surface area contributed by atoms with Gasteiger partial charge in [-0.15, -0.1) is 0 Å².